The minimum absolute atomic E-state index is 0.0134. The molecular weight excluding hydrogens is 382 g/mol. The van der Waals surface area contributed by atoms with Gasteiger partial charge in [0.25, 0.3) is 0 Å². The predicted octanol–water partition coefficient (Wildman–Crippen LogP) is 2.71. The maximum absolute atomic E-state index is 12.3. The van der Waals surface area contributed by atoms with E-state index in [-0.39, 0.29) is 22.8 Å². The van der Waals surface area contributed by atoms with Crippen LogP contribution in [0.2, 0.25) is 0 Å². The van der Waals surface area contributed by atoms with E-state index in [1.807, 2.05) is 6.07 Å². The Labute approximate surface area is 162 Å². The Morgan fingerprint density at radius 3 is 2.75 bits per heavy atom. The van der Waals surface area contributed by atoms with Gasteiger partial charge in [-0.15, -0.1) is 0 Å². The zero-order valence-electron chi connectivity index (χ0n) is 15.2. The van der Waals surface area contributed by atoms with Gasteiger partial charge in [-0.3, -0.25) is 4.98 Å². The number of carbonyl (C=O) groups is 1. The standard InChI is InChI=1S/C19H19N3O5S/c1-2-28(24,25)16-9-4-3-8-15(16)19(23)26-12-6-10-17-21-18(22-27-17)14-7-5-11-20-13-14/h3-5,7-9,11,13H,2,6,10,12H2,1H3. The lowest BCUT2D eigenvalue weighted by Crippen LogP contribution is -2.14. The number of hydrogen-bond donors (Lipinski definition) is 0. The van der Waals surface area contributed by atoms with E-state index < -0.39 is 15.8 Å². The molecule has 28 heavy (non-hydrogen) atoms. The summed E-state index contributed by atoms with van der Waals surface area (Å²) in [5, 5.41) is 3.90. The summed E-state index contributed by atoms with van der Waals surface area (Å²) < 4.78 is 34.6. The van der Waals surface area contributed by atoms with Crippen LogP contribution >= 0.6 is 0 Å². The lowest BCUT2D eigenvalue weighted by molar-refractivity contribution is 0.0494. The van der Waals surface area contributed by atoms with Crippen molar-refractivity contribution in [2.24, 2.45) is 0 Å². The van der Waals surface area contributed by atoms with Crippen molar-refractivity contribution in [1.29, 1.82) is 0 Å². The Kier molecular flexibility index (Phi) is 6.15. The van der Waals surface area contributed by atoms with Crippen LogP contribution in [0.4, 0.5) is 0 Å². The van der Waals surface area contributed by atoms with E-state index in [4.69, 9.17) is 9.26 Å². The lowest BCUT2D eigenvalue weighted by atomic mass is 10.2. The summed E-state index contributed by atoms with van der Waals surface area (Å²) >= 11 is 0. The second kappa shape index (κ2) is 8.75. The van der Waals surface area contributed by atoms with Crippen LogP contribution in [0.3, 0.4) is 0 Å². The first kappa shape index (κ1) is 19.7. The molecule has 0 saturated carbocycles. The Morgan fingerprint density at radius 2 is 2.00 bits per heavy atom. The quantitative estimate of drug-likeness (QED) is 0.418. The molecule has 0 spiro atoms. The average molecular weight is 401 g/mol. The van der Waals surface area contributed by atoms with E-state index in [2.05, 4.69) is 15.1 Å². The van der Waals surface area contributed by atoms with Crippen molar-refractivity contribution in [3.8, 4) is 11.4 Å². The molecular formula is C19H19N3O5S. The number of ether oxygens (including phenoxy) is 1. The highest BCUT2D eigenvalue weighted by Crippen LogP contribution is 2.18. The van der Waals surface area contributed by atoms with Gasteiger partial charge in [-0.05, 0) is 30.7 Å². The maximum atomic E-state index is 12.3. The highest BCUT2D eigenvalue weighted by atomic mass is 32.2. The van der Waals surface area contributed by atoms with Gasteiger partial charge in [0.05, 0.1) is 22.8 Å². The molecule has 0 atom stereocenters. The van der Waals surface area contributed by atoms with Crippen LogP contribution in [0.15, 0.2) is 58.2 Å². The van der Waals surface area contributed by atoms with E-state index in [9.17, 15) is 13.2 Å². The third kappa shape index (κ3) is 4.61. The zero-order valence-corrected chi connectivity index (χ0v) is 16.1. The zero-order chi connectivity index (χ0) is 20.0. The summed E-state index contributed by atoms with van der Waals surface area (Å²) in [7, 11) is -3.51. The Morgan fingerprint density at radius 1 is 1.18 bits per heavy atom. The largest absolute Gasteiger partial charge is 0.462 e. The van der Waals surface area contributed by atoms with Crippen LogP contribution in [0.25, 0.3) is 11.4 Å². The fraction of sp³-hybridized carbons (Fsp3) is 0.263. The number of hydrogen-bond acceptors (Lipinski definition) is 8. The smallest absolute Gasteiger partial charge is 0.339 e. The molecule has 0 aliphatic heterocycles. The molecule has 2 heterocycles. The van der Waals surface area contributed by atoms with Crippen LogP contribution in [0.5, 0.6) is 0 Å². The number of rotatable bonds is 8. The number of carbonyl (C=O) groups excluding carboxylic acids is 1. The van der Waals surface area contributed by atoms with Crippen LogP contribution in [-0.2, 0) is 21.0 Å². The normalized spacial score (nSPS) is 11.3. The van der Waals surface area contributed by atoms with E-state index in [0.29, 0.717) is 24.6 Å². The number of aryl methyl sites for hydroxylation is 1. The van der Waals surface area contributed by atoms with Gasteiger partial charge < -0.3 is 9.26 Å². The third-order valence-corrected chi connectivity index (χ3v) is 5.76. The maximum Gasteiger partial charge on any atom is 0.339 e. The highest BCUT2D eigenvalue weighted by Gasteiger charge is 2.21. The molecule has 146 valence electrons. The molecule has 8 nitrogen and oxygen atoms in total. The van der Waals surface area contributed by atoms with Crippen LogP contribution in [0.1, 0.15) is 29.6 Å². The molecule has 9 heteroatoms. The summed E-state index contributed by atoms with van der Waals surface area (Å²) in [4.78, 5) is 20.5. The molecule has 0 unspecified atom stereocenters. The summed E-state index contributed by atoms with van der Waals surface area (Å²) in [5.41, 5.74) is 0.790. The highest BCUT2D eigenvalue weighted by molar-refractivity contribution is 7.91. The van der Waals surface area contributed by atoms with Crippen LogP contribution in [-0.4, -0.2) is 41.9 Å². The lowest BCUT2D eigenvalue weighted by Gasteiger charge is -2.09. The topological polar surface area (TPSA) is 112 Å². The molecule has 2 aromatic heterocycles. The van der Waals surface area contributed by atoms with Crippen molar-refractivity contribution in [2.75, 3.05) is 12.4 Å². The number of esters is 1. The molecule has 0 aliphatic rings. The molecule has 0 radical (unpaired) electrons. The monoisotopic (exact) mass is 401 g/mol. The molecule has 0 fully saturated rings. The van der Waals surface area contributed by atoms with Gasteiger partial charge in [-0.2, -0.15) is 4.98 Å². The Hall–Kier alpha value is -3.07. The van der Waals surface area contributed by atoms with E-state index in [1.54, 1.807) is 30.6 Å². The van der Waals surface area contributed by atoms with Crippen LogP contribution in [0, 0.1) is 0 Å². The molecule has 0 N–H and O–H groups in total. The predicted molar refractivity (Wildman–Crippen MR) is 100 cm³/mol. The Balaban J connectivity index is 1.55. The Bertz CT molecular complexity index is 1050. The molecule has 0 amide bonds. The first-order valence-electron chi connectivity index (χ1n) is 8.73. The van der Waals surface area contributed by atoms with Gasteiger partial charge in [-0.1, -0.05) is 24.2 Å². The minimum Gasteiger partial charge on any atom is -0.462 e. The first-order valence-corrected chi connectivity index (χ1v) is 10.4. The number of sulfone groups is 1. The van der Waals surface area contributed by atoms with Crippen molar-refractivity contribution < 1.29 is 22.5 Å². The van der Waals surface area contributed by atoms with Crippen molar-refractivity contribution in [2.45, 2.75) is 24.7 Å². The molecule has 0 bridgehead atoms. The molecule has 1 aromatic carbocycles. The fourth-order valence-corrected chi connectivity index (χ4v) is 3.58. The molecule has 0 saturated heterocycles. The average Bonchev–Trinajstić information content (AvgIpc) is 3.20. The van der Waals surface area contributed by atoms with Crippen molar-refractivity contribution in [3.05, 3.63) is 60.2 Å². The summed E-state index contributed by atoms with van der Waals surface area (Å²) in [6.45, 7) is 1.63. The molecule has 0 aliphatic carbocycles. The number of nitrogens with zero attached hydrogens (tertiary/aromatic N) is 3. The van der Waals surface area contributed by atoms with Crippen molar-refractivity contribution in [1.82, 2.24) is 15.1 Å². The minimum atomic E-state index is -3.51. The fourth-order valence-electron chi connectivity index (χ4n) is 2.50. The number of benzene rings is 1. The van der Waals surface area contributed by atoms with Crippen molar-refractivity contribution >= 4 is 15.8 Å². The number of pyridine rings is 1. The first-order chi connectivity index (χ1) is 13.5. The van der Waals surface area contributed by atoms with Gasteiger partial charge in [-0.25, -0.2) is 13.2 Å². The van der Waals surface area contributed by atoms with E-state index >= 15 is 0 Å². The van der Waals surface area contributed by atoms with Gasteiger partial charge in [0.1, 0.15) is 0 Å². The van der Waals surface area contributed by atoms with Crippen molar-refractivity contribution in [3.63, 3.8) is 0 Å². The number of aromatic nitrogens is 3. The SMILES string of the molecule is CCS(=O)(=O)c1ccccc1C(=O)OCCCc1nc(-c2cccnc2)no1. The molecule has 3 rings (SSSR count). The van der Waals surface area contributed by atoms with Gasteiger partial charge in [0, 0.05) is 24.4 Å². The summed E-state index contributed by atoms with van der Waals surface area (Å²) in [5.74, 6) is 0.102. The second-order valence-corrected chi connectivity index (χ2v) is 8.14. The third-order valence-electron chi connectivity index (χ3n) is 3.98. The van der Waals surface area contributed by atoms with Gasteiger partial charge >= 0.3 is 5.97 Å². The molecule has 3 aromatic rings. The van der Waals surface area contributed by atoms with Gasteiger partial charge in [0.15, 0.2) is 9.84 Å². The van der Waals surface area contributed by atoms with Crippen LogP contribution < -0.4 is 0 Å². The van der Waals surface area contributed by atoms with E-state index in [0.717, 1.165) is 5.56 Å². The van der Waals surface area contributed by atoms with E-state index in [1.165, 1.54) is 19.1 Å². The summed E-state index contributed by atoms with van der Waals surface area (Å²) in [6.07, 6.45) is 4.18. The summed E-state index contributed by atoms with van der Waals surface area (Å²) in [6, 6.07) is 9.64. The second-order valence-electron chi connectivity index (χ2n) is 5.89. The van der Waals surface area contributed by atoms with Gasteiger partial charge in [0.2, 0.25) is 11.7 Å².